The number of amides is 2. The normalized spacial score (nSPS) is 23.8. The third-order valence-corrected chi connectivity index (χ3v) is 6.43. The summed E-state index contributed by atoms with van der Waals surface area (Å²) in [5.41, 5.74) is 0.427. The predicted molar refractivity (Wildman–Crippen MR) is 105 cm³/mol. The summed E-state index contributed by atoms with van der Waals surface area (Å²) < 4.78 is 26.6. The first-order chi connectivity index (χ1) is 14.0. The van der Waals surface area contributed by atoms with Crippen LogP contribution in [-0.2, 0) is 16.1 Å². The molecule has 2 saturated heterocycles. The minimum atomic E-state index is -0.635. The van der Waals surface area contributed by atoms with E-state index in [9.17, 15) is 18.4 Å². The molecule has 1 atom stereocenters. The molecule has 0 bridgehead atoms. The fourth-order valence-electron chi connectivity index (χ4n) is 4.64. The van der Waals surface area contributed by atoms with Crippen LogP contribution in [0.15, 0.2) is 18.2 Å². The maximum Gasteiger partial charge on any atom is 0.225 e. The van der Waals surface area contributed by atoms with E-state index in [0.29, 0.717) is 24.1 Å². The van der Waals surface area contributed by atoms with Gasteiger partial charge in [-0.1, -0.05) is 0 Å². The lowest BCUT2D eigenvalue weighted by atomic mass is 9.93. The molecule has 29 heavy (non-hydrogen) atoms. The summed E-state index contributed by atoms with van der Waals surface area (Å²) in [5, 5.41) is 2.84. The second-order valence-corrected chi connectivity index (χ2v) is 8.66. The maximum absolute atomic E-state index is 13.3. The molecule has 0 aromatic heterocycles. The highest BCUT2D eigenvalue weighted by molar-refractivity contribution is 5.81. The van der Waals surface area contributed by atoms with Crippen LogP contribution in [0.3, 0.4) is 0 Å². The molecule has 1 N–H and O–H groups in total. The van der Waals surface area contributed by atoms with Gasteiger partial charge in [-0.05, 0) is 62.8 Å². The fraction of sp³-hybridized carbons (Fsp3) is 0.636. The zero-order valence-electron chi connectivity index (χ0n) is 16.7. The minimum Gasteiger partial charge on any atom is -0.352 e. The summed E-state index contributed by atoms with van der Waals surface area (Å²) in [7, 11) is 0. The van der Waals surface area contributed by atoms with Crippen LogP contribution in [0.2, 0.25) is 0 Å². The quantitative estimate of drug-likeness (QED) is 0.820. The Labute approximate surface area is 170 Å². The van der Waals surface area contributed by atoms with Crippen molar-refractivity contribution in [3.8, 4) is 0 Å². The van der Waals surface area contributed by atoms with Crippen LogP contribution in [0.4, 0.5) is 8.78 Å². The van der Waals surface area contributed by atoms with Gasteiger partial charge < -0.3 is 10.2 Å². The van der Waals surface area contributed by atoms with Crippen LogP contribution in [0.1, 0.15) is 44.1 Å². The molecule has 1 aromatic carbocycles. The van der Waals surface area contributed by atoms with Crippen LogP contribution in [-0.4, -0.2) is 53.8 Å². The van der Waals surface area contributed by atoms with Gasteiger partial charge in [-0.3, -0.25) is 14.5 Å². The van der Waals surface area contributed by atoms with Crippen LogP contribution in [0.5, 0.6) is 0 Å². The molecular weight excluding hydrogens is 376 g/mol. The Hall–Kier alpha value is -2.02. The van der Waals surface area contributed by atoms with Gasteiger partial charge >= 0.3 is 0 Å². The van der Waals surface area contributed by atoms with Gasteiger partial charge in [-0.15, -0.1) is 0 Å². The topological polar surface area (TPSA) is 52.7 Å². The van der Waals surface area contributed by atoms with E-state index >= 15 is 0 Å². The molecule has 4 rings (SSSR count). The van der Waals surface area contributed by atoms with E-state index in [0.717, 1.165) is 64.2 Å². The van der Waals surface area contributed by atoms with Gasteiger partial charge in [0.1, 0.15) is 11.6 Å². The SMILES string of the molecule is O=C(NCc1cc(F)cc(F)c1)[C@@H]1CCCN(C2CCN(C(=O)C3CC3)CC2)C1. The fourth-order valence-corrected chi connectivity index (χ4v) is 4.64. The van der Waals surface area contributed by atoms with Crippen LogP contribution in [0.25, 0.3) is 0 Å². The van der Waals surface area contributed by atoms with Crippen molar-refractivity contribution < 1.29 is 18.4 Å². The van der Waals surface area contributed by atoms with Crippen molar-refractivity contribution >= 4 is 11.8 Å². The van der Waals surface area contributed by atoms with E-state index in [1.165, 1.54) is 12.1 Å². The molecule has 0 spiro atoms. The Kier molecular flexibility index (Phi) is 6.13. The number of likely N-dealkylation sites (tertiary alicyclic amines) is 2. The lowest BCUT2D eigenvalue weighted by Crippen LogP contribution is -2.51. The number of carbonyl (C=O) groups excluding carboxylic acids is 2. The first kappa shape index (κ1) is 20.3. The third kappa shape index (κ3) is 5.13. The second-order valence-electron chi connectivity index (χ2n) is 8.66. The third-order valence-electron chi connectivity index (χ3n) is 6.43. The highest BCUT2D eigenvalue weighted by atomic mass is 19.1. The molecule has 2 aliphatic heterocycles. The number of nitrogens with one attached hydrogen (secondary N) is 1. The number of benzene rings is 1. The van der Waals surface area contributed by atoms with Crippen molar-refractivity contribution in [3.63, 3.8) is 0 Å². The number of hydrogen-bond acceptors (Lipinski definition) is 3. The highest BCUT2D eigenvalue weighted by Crippen LogP contribution is 2.32. The Morgan fingerprint density at radius 1 is 0.931 bits per heavy atom. The summed E-state index contributed by atoms with van der Waals surface area (Å²) in [4.78, 5) is 29.3. The average Bonchev–Trinajstić information content (AvgIpc) is 3.56. The van der Waals surface area contributed by atoms with E-state index in [2.05, 4.69) is 10.2 Å². The van der Waals surface area contributed by atoms with Crippen molar-refractivity contribution in [1.82, 2.24) is 15.1 Å². The van der Waals surface area contributed by atoms with Crippen molar-refractivity contribution in [3.05, 3.63) is 35.4 Å². The molecule has 0 radical (unpaired) electrons. The Bertz CT molecular complexity index is 740. The van der Waals surface area contributed by atoms with Gasteiger partial charge in [-0.2, -0.15) is 0 Å². The van der Waals surface area contributed by atoms with Crippen molar-refractivity contribution in [2.24, 2.45) is 11.8 Å². The number of halogens is 2. The summed E-state index contributed by atoms with van der Waals surface area (Å²) >= 11 is 0. The lowest BCUT2D eigenvalue weighted by molar-refractivity contribution is -0.134. The van der Waals surface area contributed by atoms with E-state index in [1.54, 1.807) is 0 Å². The number of piperidine rings is 2. The minimum absolute atomic E-state index is 0.0549. The maximum atomic E-state index is 13.3. The zero-order valence-corrected chi connectivity index (χ0v) is 16.7. The molecule has 158 valence electrons. The van der Waals surface area contributed by atoms with Crippen molar-refractivity contribution in [2.45, 2.75) is 51.1 Å². The first-order valence-electron chi connectivity index (χ1n) is 10.7. The van der Waals surface area contributed by atoms with Crippen LogP contribution in [0, 0.1) is 23.5 Å². The Morgan fingerprint density at radius 2 is 1.62 bits per heavy atom. The molecule has 2 amide bonds. The van der Waals surface area contributed by atoms with Crippen molar-refractivity contribution in [1.29, 1.82) is 0 Å². The standard InChI is InChI=1S/C22H29F2N3O2/c23-18-10-15(11-19(24)12-18)13-25-21(28)17-2-1-7-27(14-17)20-5-8-26(9-6-20)22(29)16-3-4-16/h10-12,16-17,20H,1-9,13-14H2,(H,25,28)/t17-/m1/s1. The van der Waals surface area contributed by atoms with Gasteiger partial charge in [0.2, 0.25) is 11.8 Å². The zero-order chi connectivity index (χ0) is 20.4. The molecule has 2 heterocycles. The van der Waals surface area contributed by atoms with Gasteiger partial charge in [0.05, 0.1) is 5.92 Å². The van der Waals surface area contributed by atoms with E-state index < -0.39 is 11.6 Å². The van der Waals surface area contributed by atoms with E-state index in [4.69, 9.17) is 0 Å². The lowest BCUT2D eigenvalue weighted by Gasteiger charge is -2.42. The number of rotatable bonds is 5. The molecule has 1 aromatic rings. The highest BCUT2D eigenvalue weighted by Gasteiger charge is 2.37. The molecule has 0 unspecified atom stereocenters. The summed E-state index contributed by atoms with van der Waals surface area (Å²) in [5.74, 6) is -0.822. The number of hydrogen-bond donors (Lipinski definition) is 1. The molecule has 3 fully saturated rings. The summed E-state index contributed by atoms with van der Waals surface area (Å²) in [6.45, 7) is 3.47. The van der Waals surface area contributed by atoms with Gasteiger partial charge in [0, 0.05) is 44.2 Å². The molecule has 5 nitrogen and oxygen atoms in total. The largest absolute Gasteiger partial charge is 0.352 e. The van der Waals surface area contributed by atoms with E-state index in [1.807, 2.05) is 4.90 Å². The Balaban J connectivity index is 1.25. The predicted octanol–water partition coefficient (Wildman–Crippen LogP) is 2.69. The smallest absolute Gasteiger partial charge is 0.225 e. The molecule has 3 aliphatic rings. The summed E-state index contributed by atoms with van der Waals surface area (Å²) in [6.07, 6.45) is 5.82. The number of nitrogens with zero attached hydrogens (tertiary/aromatic N) is 2. The molecule has 1 saturated carbocycles. The monoisotopic (exact) mass is 405 g/mol. The molecular formula is C22H29F2N3O2. The Morgan fingerprint density at radius 3 is 2.28 bits per heavy atom. The van der Waals surface area contributed by atoms with E-state index in [-0.39, 0.29) is 24.3 Å². The second kappa shape index (κ2) is 8.78. The molecule has 7 heteroatoms. The molecule has 1 aliphatic carbocycles. The van der Waals surface area contributed by atoms with Gasteiger partial charge in [0.15, 0.2) is 0 Å². The van der Waals surface area contributed by atoms with Crippen LogP contribution < -0.4 is 5.32 Å². The number of carbonyl (C=O) groups is 2. The van der Waals surface area contributed by atoms with Crippen molar-refractivity contribution in [2.75, 3.05) is 26.2 Å². The first-order valence-corrected chi connectivity index (χ1v) is 10.7. The van der Waals surface area contributed by atoms with Crippen LogP contribution >= 0.6 is 0 Å². The van der Waals surface area contributed by atoms with Gasteiger partial charge in [0.25, 0.3) is 0 Å². The van der Waals surface area contributed by atoms with Gasteiger partial charge in [-0.25, -0.2) is 8.78 Å². The summed E-state index contributed by atoms with van der Waals surface area (Å²) in [6, 6.07) is 3.74. The average molecular weight is 405 g/mol.